The summed E-state index contributed by atoms with van der Waals surface area (Å²) in [6.45, 7) is 7.57. The van der Waals surface area contributed by atoms with E-state index in [1.807, 2.05) is 26.0 Å². The van der Waals surface area contributed by atoms with Gasteiger partial charge in [0.15, 0.2) is 0 Å². The minimum atomic E-state index is -0.118. The van der Waals surface area contributed by atoms with Crippen molar-refractivity contribution >= 4 is 5.91 Å². The van der Waals surface area contributed by atoms with Gasteiger partial charge >= 0.3 is 0 Å². The molecule has 1 saturated heterocycles. The highest BCUT2D eigenvalue weighted by Crippen LogP contribution is 2.38. The second-order valence-corrected chi connectivity index (χ2v) is 5.54. The van der Waals surface area contributed by atoms with Crippen molar-refractivity contribution in [3.05, 3.63) is 23.5 Å². The molecule has 0 aromatic heterocycles. The van der Waals surface area contributed by atoms with E-state index >= 15 is 0 Å². The third kappa shape index (κ3) is 3.18. The van der Waals surface area contributed by atoms with Gasteiger partial charge in [-0.2, -0.15) is 0 Å². The maximum absolute atomic E-state index is 11.4. The molecule has 0 radical (unpaired) electrons. The highest BCUT2D eigenvalue weighted by Gasteiger charge is 2.41. The number of carbonyl (C=O) groups excluding carboxylic acids is 1. The molecule has 19 heavy (non-hydrogen) atoms. The quantitative estimate of drug-likeness (QED) is 0.800. The summed E-state index contributed by atoms with van der Waals surface area (Å²) in [5.41, 5.74) is 1.00. The van der Waals surface area contributed by atoms with Crippen molar-refractivity contribution in [3.8, 4) is 0 Å². The molecule has 2 heterocycles. The van der Waals surface area contributed by atoms with E-state index in [1.54, 1.807) is 6.92 Å². The van der Waals surface area contributed by atoms with Crippen LogP contribution in [0.3, 0.4) is 0 Å². The molecular weight excluding hydrogens is 240 g/mol. The Kier molecular flexibility index (Phi) is 4.30. The molecule has 4 nitrogen and oxygen atoms in total. The van der Waals surface area contributed by atoms with Crippen molar-refractivity contribution in [1.82, 2.24) is 10.6 Å². The van der Waals surface area contributed by atoms with Gasteiger partial charge in [0.2, 0.25) is 5.91 Å². The van der Waals surface area contributed by atoms with Crippen LogP contribution in [0, 0.1) is 0 Å². The zero-order valence-electron chi connectivity index (χ0n) is 12.1. The smallest absolute Gasteiger partial charge is 0.217 e. The number of allylic oxidation sites excluding steroid dienone is 2. The lowest BCUT2D eigenvalue weighted by Crippen LogP contribution is -2.52. The lowest BCUT2D eigenvalue weighted by atomic mass is 9.81. The van der Waals surface area contributed by atoms with Crippen LogP contribution in [-0.2, 0) is 9.53 Å². The number of nitrogens with one attached hydrogen (secondary N) is 2. The highest BCUT2D eigenvalue weighted by molar-refractivity contribution is 5.73. The second kappa shape index (κ2) is 5.78. The second-order valence-electron chi connectivity index (χ2n) is 5.54. The molecule has 2 aliphatic heterocycles. The molecule has 0 aromatic carbocycles. The number of rotatable bonds is 2. The average molecular weight is 264 g/mol. The van der Waals surface area contributed by atoms with Crippen LogP contribution in [0.15, 0.2) is 23.5 Å². The summed E-state index contributed by atoms with van der Waals surface area (Å²) in [5, 5.41) is 6.43. The van der Waals surface area contributed by atoms with Crippen molar-refractivity contribution in [2.45, 2.75) is 51.7 Å². The van der Waals surface area contributed by atoms with Crippen LogP contribution >= 0.6 is 0 Å². The summed E-state index contributed by atoms with van der Waals surface area (Å²) in [6.07, 6.45) is 6.87. The molecule has 1 spiro atoms. The number of ether oxygens (including phenoxy) is 1. The van der Waals surface area contributed by atoms with Crippen molar-refractivity contribution in [3.63, 3.8) is 0 Å². The number of amides is 1. The Morgan fingerprint density at radius 2 is 2.16 bits per heavy atom. The van der Waals surface area contributed by atoms with Crippen LogP contribution in [0.5, 0.6) is 0 Å². The molecular formula is C15H24N2O2. The van der Waals surface area contributed by atoms with Gasteiger partial charge in [-0.3, -0.25) is 4.79 Å². The van der Waals surface area contributed by atoms with Crippen LogP contribution in [0.1, 0.15) is 40.0 Å². The minimum absolute atomic E-state index is 0.0233. The van der Waals surface area contributed by atoms with Crippen LogP contribution in [0.4, 0.5) is 0 Å². The van der Waals surface area contributed by atoms with E-state index in [-0.39, 0.29) is 17.6 Å². The van der Waals surface area contributed by atoms with E-state index in [2.05, 4.69) is 10.6 Å². The number of carbonyl (C=O) groups is 1. The van der Waals surface area contributed by atoms with E-state index in [1.165, 1.54) is 0 Å². The summed E-state index contributed by atoms with van der Waals surface area (Å²) in [7, 11) is 0. The minimum Gasteiger partial charge on any atom is -0.487 e. The molecule has 1 fully saturated rings. The van der Waals surface area contributed by atoms with Crippen LogP contribution in [-0.4, -0.2) is 30.6 Å². The van der Waals surface area contributed by atoms with Gasteiger partial charge in [-0.15, -0.1) is 0 Å². The average Bonchev–Trinajstić information content (AvgIpc) is 2.36. The first-order valence-electron chi connectivity index (χ1n) is 7.07. The molecule has 1 atom stereocenters. The fraction of sp³-hybridized carbons (Fsp3) is 0.667. The molecule has 0 bridgehead atoms. The SMILES string of the molecule is C/C=C\C1=C(C)C(NC(C)=O)CC2(CCNCC2)O1. The number of piperidine rings is 1. The molecule has 4 heteroatoms. The zero-order chi connectivity index (χ0) is 13.9. The molecule has 2 N–H and O–H groups in total. The third-order valence-electron chi connectivity index (χ3n) is 4.02. The van der Waals surface area contributed by atoms with E-state index in [9.17, 15) is 4.79 Å². The van der Waals surface area contributed by atoms with Crippen LogP contribution < -0.4 is 10.6 Å². The summed E-state index contributed by atoms with van der Waals surface area (Å²) in [5.74, 6) is 0.949. The Labute approximate surface area is 115 Å². The molecule has 0 saturated carbocycles. The topological polar surface area (TPSA) is 50.4 Å². The monoisotopic (exact) mass is 264 g/mol. The molecule has 1 amide bonds. The van der Waals surface area contributed by atoms with Gasteiger partial charge < -0.3 is 15.4 Å². The zero-order valence-corrected chi connectivity index (χ0v) is 12.1. The Bertz CT molecular complexity index is 406. The lowest BCUT2D eigenvalue weighted by molar-refractivity contribution is -0.120. The van der Waals surface area contributed by atoms with Crippen LogP contribution in [0.2, 0.25) is 0 Å². The van der Waals surface area contributed by atoms with Crippen molar-refractivity contribution in [1.29, 1.82) is 0 Å². The molecule has 106 valence electrons. The van der Waals surface area contributed by atoms with Gasteiger partial charge in [-0.1, -0.05) is 6.08 Å². The summed E-state index contributed by atoms with van der Waals surface area (Å²) in [6, 6.07) is 0.0931. The Morgan fingerprint density at radius 1 is 1.47 bits per heavy atom. The third-order valence-corrected chi connectivity index (χ3v) is 4.02. The first-order chi connectivity index (χ1) is 9.06. The highest BCUT2D eigenvalue weighted by atomic mass is 16.5. The summed E-state index contributed by atoms with van der Waals surface area (Å²) < 4.78 is 6.28. The predicted molar refractivity (Wildman–Crippen MR) is 75.7 cm³/mol. The van der Waals surface area contributed by atoms with Crippen molar-refractivity contribution < 1.29 is 9.53 Å². The lowest BCUT2D eigenvalue weighted by Gasteiger charge is -2.44. The van der Waals surface area contributed by atoms with Crippen molar-refractivity contribution in [2.75, 3.05) is 13.1 Å². The first-order valence-corrected chi connectivity index (χ1v) is 7.07. The van der Waals surface area contributed by atoms with Crippen molar-refractivity contribution in [2.24, 2.45) is 0 Å². The standard InChI is InChI=1S/C15H24N2O2/c1-4-5-14-11(2)13(17-12(3)18)10-15(19-14)6-8-16-9-7-15/h4-5,13,16H,6-10H2,1-3H3,(H,17,18)/b5-4-. The number of hydrogen-bond acceptors (Lipinski definition) is 3. The Morgan fingerprint density at radius 3 is 2.74 bits per heavy atom. The molecule has 2 aliphatic rings. The normalized spacial score (nSPS) is 26.6. The molecule has 0 aromatic rings. The molecule has 1 unspecified atom stereocenters. The largest absolute Gasteiger partial charge is 0.487 e. The summed E-state index contributed by atoms with van der Waals surface area (Å²) in [4.78, 5) is 11.4. The van der Waals surface area contributed by atoms with Gasteiger partial charge in [0.25, 0.3) is 0 Å². The molecule has 2 rings (SSSR count). The van der Waals surface area contributed by atoms with Gasteiger partial charge in [0, 0.05) is 13.3 Å². The first kappa shape index (κ1) is 14.1. The molecule has 0 aliphatic carbocycles. The van der Waals surface area contributed by atoms with E-state index in [0.29, 0.717) is 0 Å². The fourth-order valence-corrected chi connectivity index (χ4v) is 2.96. The Balaban J connectivity index is 2.26. The number of hydrogen-bond donors (Lipinski definition) is 2. The van der Waals surface area contributed by atoms with Gasteiger partial charge in [-0.05, 0) is 51.4 Å². The van der Waals surface area contributed by atoms with Gasteiger partial charge in [0.05, 0.1) is 6.04 Å². The van der Waals surface area contributed by atoms with Gasteiger partial charge in [-0.25, -0.2) is 0 Å². The predicted octanol–water partition coefficient (Wildman–Crippen LogP) is 1.88. The summed E-state index contributed by atoms with van der Waals surface area (Å²) >= 11 is 0. The van der Waals surface area contributed by atoms with E-state index in [0.717, 1.165) is 43.7 Å². The Hall–Kier alpha value is -1.29. The van der Waals surface area contributed by atoms with E-state index < -0.39 is 0 Å². The maximum atomic E-state index is 11.4. The van der Waals surface area contributed by atoms with Gasteiger partial charge in [0.1, 0.15) is 11.4 Å². The van der Waals surface area contributed by atoms with Crippen LogP contribution in [0.25, 0.3) is 0 Å². The maximum Gasteiger partial charge on any atom is 0.217 e. The van der Waals surface area contributed by atoms with E-state index in [4.69, 9.17) is 4.74 Å². The fourth-order valence-electron chi connectivity index (χ4n) is 2.96.